The van der Waals surface area contributed by atoms with E-state index >= 15 is 0 Å². The first-order valence-electron chi connectivity index (χ1n) is 6.61. The van der Waals surface area contributed by atoms with E-state index in [9.17, 15) is 0 Å². The topological polar surface area (TPSA) is 23.8 Å². The monoisotopic (exact) mass is 219 g/mol. The van der Waals surface area contributed by atoms with Crippen LogP contribution in [0.5, 0.6) is 0 Å². The van der Waals surface area contributed by atoms with Crippen LogP contribution < -0.4 is 0 Å². The van der Waals surface area contributed by atoms with Crippen molar-refractivity contribution in [2.45, 2.75) is 64.7 Å². The summed E-state index contributed by atoms with van der Waals surface area (Å²) in [4.78, 5) is 0. The van der Waals surface area contributed by atoms with Crippen LogP contribution >= 0.6 is 0 Å². The Kier molecular flexibility index (Phi) is 13.1. The smallest absolute Gasteiger partial charge is 0.0908 e. The molecule has 0 atom stereocenters. The second-order valence-electron chi connectivity index (χ2n) is 4.14. The highest BCUT2D eigenvalue weighted by Gasteiger charge is 1.85. The predicted octanol–water partition coefficient (Wildman–Crippen LogP) is 5.15. The van der Waals surface area contributed by atoms with Gasteiger partial charge in [0.2, 0.25) is 0 Å². The lowest BCUT2D eigenvalue weighted by atomic mass is 10.1. The van der Waals surface area contributed by atoms with Crippen molar-refractivity contribution in [3.63, 3.8) is 0 Å². The van der Waals surface area contributed by atoms with E-state index in [1.807, 2.05) is 12.1 Å². The molecule has 90 valence electrons. The Hall–Kier alpha value is -1.03. The molecule has 0 saturated carbocycles. The zero-order valence-corrected chi connectivity index (χ0v) is 10.6. The Morgan fingerprint density at radius 3 is 1.94 bits per heavy atom. The van der Waals surface area contributed by atoms with E-state index in [-0.39, 0.29) is 0 Å². The Morgan fingerprint density at radius 2 is 1.38 bits per heavy atom. The standard InChI is InChI=1S/C15H25N/c1-2-3-4-5-6-7-8-9-10-11-12-13-14-15-16/h7-8,13-14H,2-6,9-12H2,1H3/b8-7+,14-13+. The molecule has 0 aromatic heterocycles. The van der Waals surface area contributed by atoms with Gasteiger partial charge in [-0.3, -0.25) is 0 Å². The molecule has 16 heavy (non-hydrogen) atoms. The number of nitrogens with zero attached hydrogens (tertiary/aromatic N) is 1. The minimum absolute atomic E-state index is 1.04. The summed E-state index contributed by atoms with van der Waals surface area (Å²) >= 11 is 0. The fraction of sp³-hybridized carbons (Fsp3) is 0.667. The molecule has 0 unspecified atom stereocenters. The molecule has 0 aliphatic heterocycles. The molecule has 0 aromatic rings. The zero-order valence-electron chi connectivity index (χ0n) is 10.6. The normalized spacial score (nSPS) is 11.2. The highest BCUT2D eigenvalue weighted by molar-refractivity contribution is 5.01. The van der Waals surface area contributed by atoms with Crippen LogP contribution in [0.2, 0.25) is 0 Å². The van der Waals surface area contributed by atoms with E-state index in [0.29, 0.717) is 0 Å². The van der Waals surface area contributed by atoms with Crippen LogP contribution in [0.4, 0.5) is 0 Å². The maximum atomic E-state index is 8.28. The van der Waals surface area contributed by atoms with Gasteiger partial charge in [-0.2, -0.15) is 5.26 Å². The molecule has 0 bridgehead atoms. The summed E-state index contributed by atoms with van der Waals surface area (Å²) in [5, 5.41) is 8.28. The van der Waals surface area contributed by atoms with Gasteiger partial charge in [-0.15, -0.1) is 0 Å². The number of nitriles is 1. The van der Waals surface area contributed by atoms with E-state index in [2.05, 4.69) is 19.1 Å². The summed E-state index contributed by atoms with van der Waals surface area (Å²) < 4.78 is 0. The van der Waals surface area contributed by atoms with E-state index in [1.165, 1.54) is 51.4 Å². The van der Waals surface area contributed by atoms with Crippen molar-refractivity contribution in [2.24, 2.45) is 0 Å². The van der Waals surface area contributed by atoms with Gasteiger partial charge in [0.1, 0.15) is 0 Å². The van der Waals surface area contributed by atoms with Gasteiger partial charge in [-0.05, 0) is 38.5 Å². The van der Waals surface area contributed by atoms with Crippen LogP contribution in [0.25, 0.3) is 0 Å². The van der Waals surface area contributed by atoms with E-state index in [1.54, 1.807) is 6.08 Å². The van der Waals surface area contributed by atoms with Crippen LogP contribution in [0, 0.1) is 11.3 Å². The molecule has 0 fully saturated rings. The summed E-state index contributed by atoms with van der Waals surface area (Å²) in [5.41, 5.74) is 0. The second-order valence-corrected chi connectivity index (χ2v) is 4.14. The Labute approximate surface area is 101 Å². The first kappa shape index (κ1) is 15.0. The molecule has 0 radical (unpaired) electrons. The van der Waals surface area contributed by atoms with Crippen molar-refractivity contribution in [3.05, 3.63) is 24.3 Å². The minimum atomic E-state index is 1.04. The Balaban J connectivity index is 3.10. The maximum absolute atomic E-state index is 8.28. The average Bonchev–Trinajstić information content (AvgIpc) is 2.31. The van der Waals surface area contributed by atoms with Gasteiger partial charge in [0.25, 0.3) is 0 Å². The van der Waals surface area contributed by atoms with E-state index in [0.717, 1.165) is 6.42 Å². The van der Waals surface area contributed by atoms with Crippen molar-refractivity contribution in [1.82, 2.24) is 0 Å². The minimum Gasteiger partial charge on any atom is -0.193 e. The molecule has 0 aliphatic carbocycles. The van der Waals surface area contributed by atoms with E-state index in [4.69, 9.17) is 5.26 Å². The lowest BCUT2D eigenvalue weighted by Gasteiger charge is -1.95. The molecule has 0 heterocycles. The lowest BCUT2D eigenvalue weighted by Crippen LogP contribution is -1.75. The van der Waals surface area contributed by atoms with Gasteiger partial charge in [-0.25, -0.2) is 0 Å². The zero-order chi connectivity index (χ0) is 11.9. The lowest BCUT2D eigenvalue weighted by molar-refractivity contribution is 0.673. The molecule has 0 N–H and O–H groups in total. The quantitative estimate of drug-likeness (QED) is 0.283. The summed E-state index contributed by atoms with van der Waals surface area (Å²) in [7, 11) is 0. The molecule has 0 amide bonds. The van der Waals surface area contributed by atoms with Gasteiger partial charge in [0.05, 0.1) is 6.07 Å². The third-order valence-corrected chi connectivity index (χ3v) is 2.57. The molecular formula is C15H25N. The van der Waals surface area contributed by atoms with Crippen LogP contribution in [0.1, 0.15) is 64.7 Å². The molecule has 0 spiro atoms. The fourth-order valence-electron chi connectivity index (χ4n) is 1.59. The molecule has 0 rings (SSSR count). The first-order valence-corrected chi connectivity index (χ1v) is 6.61. The Bertz CT molecular complexity index is 220. The van der Waals surface area contributed by atoms with E-state index < -0.39 is 0 Å². The van der Waals surface area contributed by atoms with Crippen molar-refractivity contribution in [2.75, 3.05) is 0 Å². The molecule has 0 aliphatic rings. The number of unbranched alkanes of at least 4 members (excludes halogenated alkanes) is 7. The average molecular weight is 219 g/mol. The molecule has 0 aromatic carbocycles. The number of rotatable bonds is 10. The van der Waals surface area contributed by atoms with Crippen molar-refractivity contribution in [1.29, 1.82) is 5.26 Å². The predicted molar refractivity (Wildman–Crippen MR) is 71.1 cm³/mol. The SMILES string of the molecule is CCCCCC/C=C/CCCC/C=C/C#N. The molecule has 1 heteroatoms. The van der Waals surface area contributed by atoms with Gasteiger partial charge >= 0.3 is 0 Å². The highest BCUT2D eigenvalue weighted by Crippen LogP contribution is 2.05. The van der Waals surface area contributed by atoms with Crippen LogP contribution in [-0.4, -0.2) is 0 Å². The summed E-state index contributed by atoms with van der Waals surface area (Å²) in [6, 6.07) is 2.01. The number of allylic oxidation sites excluding steroid dienone is 4. The summed E-state index contributed by atoms with van der Waals surface area (Å²) in [6.45, 7) is 2.25. The van der Waals surface area contributed by atoms with Crippen LogP contribution in [-0.2, 0) is 0 Å². The highest BCUT2D eigenvalue weighted by atomic mass is 14.2. The van der Waals surface area contributed by atoms with Crippen LogP contribution in [0.3, 0.4) is 0 Å². The summed E-state index contributed by atoms with van der Waals surface area (Å²) in [6.07, 6.45) is 19.5. The van der Waals surface area contributed by atoms with Crippen molar-refractivity contribution >= 4 is 0 Å². The maximum Gasteiger partial charge on any atom is 0.0908 e. The number of hydrogen-bond acceptors (Lipinski definition) is 1. The third-order valence-electron chi connectivity index (χ3n) is 2.57. The van der Waals surface area contributed by atoms with Gasteiger partial charge in [0, 0.05) is 6.08 Å². The van der Waals surface area contributed by atoms with Crippen molar-refractivity contribution < 1.29 is 0 Å². The fourth-order valence-corrected chi connectivity index (χ4v) is 1.59. The third kappa shape index (κ3) is 13.0. The molecule has 0 saturated heterocycles. The summed E-state index contributed by atoms with van der Waals surface area (Å²) in [5.74, 6) is 0. The first-order chi connectivity index (χ1) is 7.91. The van der Waals surface area contributed by atoms with Gasteiger partial charge < -0.3 is 0 Å². The Morgan fingerprint density at radius 1 is 0.812 bits per heavy atom. The molecule has 1 nitrogen and oxygen atoms in total. The van der Waals surface area contributed by atoms with Gasteiger partial charge in [0.15, 0.2) is 0 Å². The van der Waals surface area contributed by atoms with Gasteiger partial charge in [-0.1, -0.05) is 44.4 Å². The largest absolute Gasteiger partial charge is 0.193 e. The number of hydrogen-bond donors (Lipinski definition) is 0. The van der Waals surface area contributed by atoms with Crippen molar-refractivity contribution in [3.8, 4) is 6.07 Å². The second kappa shape index (κ2) is 14.0. The van der Waals surface area contributed by atoms with Crippen LogP contribution in [0.15, 0.2) is 24.3 Å². The molecular weight excluding hydrogens is 194 g/mol.